The maximum Gasteiger partial charge on any atom is 0.250 e. The standard InChI is InChI=1S/C9H8ClN3OS/c1-13-3-2-6(4-8(13)14)9-12-11-7(5-10)15-9/h2-4H,5H2,1H3. The fourth-order valence-corrected chi connectivity index (χ4v) is 2.01. The minimum atomic E-state index is -0.0601. The maximum atomic E-state index is 11.4. The first-order valence-corrected chi connectivity index (χ1v) is 5.61. The predicted molar refractivity (Wildman–Crippen MR) is 60.1 cm³/mol. The van der Waals surface area contributed by atoms with Crippen LogP contribution in [0.5, 0.6) is 0 Å². The molecule has 0 saturated carbocycles. The smallest absolute Gasteiger partial charge is 0.250 e. The van der Waals surface area contributed by atoms with Gasteiger partial charge in [0.2, 0.25) is 0 Å². The van der Waals surface area contributed by atoms with E-state index >= 15 is 0 Å². The quantitative estimate of drug-likeness (QED) is 0.751. The third kappa shape index (κ3) is 2.08. The summed E-state index contributed by atoms with van der Waals surface area (Å²) in [5.41, 5.74) is 0.724. The van der Waals surface area contributed by atoms with Crippen molar-refractivity contribution in [2.45, 2.75) is 5.88 Å². The van der Waals surface area contributed by atoms with Gasteiger partial charge in [-0.05, 0) is 6.07 Å². The molecule has 0 fully saturated rings. The monoisotopic (exact) mass is 241 g/mol. The van der Waals surface area contributed by atoms with Gasteiger partial charge in [0.15, 0.2) is 0 Å². The van der Waals surface area contributed by atoms with Gasteiger partial charge in [-0.25, -0.2) is 0 Å². The Morgan fingerprint density at radius 1 is 1.53 bits per heavy atom. The van der Waals surface area contributed by atoms with Crippen LogP contribution in [0.4, 0.5) is 0 Å². The molecule has 0 aliphatic rings. The molecule has 0 unspecified atom stereocenters. The van der Waals surface area contributed by atoms with E-state index in [0.717, 1.165) is 15.6 Å². The Morgan fingerprint density at radius 3 is 2.93 bits per heavy atom. The lowest BCUT2D eigenvalue weighted by atomic mass is 10.3. The zero-order valence-electron chi connectivity index (χ0n) is 7.98. The van der Waals surface area contributed by atoms with Crippen molar-refractivity contribution >= 4 is 22.9 Å². The van der Waals surface area contributed by atoms with Crippen molar-refractivity contribution in [1.82, 2.24) is 14.8 Å². The summed E-state index contributed by atoms with van der Waals surface area (Å²) in [6.45, 7) is 0. The fraction of sp³-hybridized carbons (Fsp3) is 0.222. The molecular formula is C9H8ClN3OS. The van der Waals surface area contributed by atoms with E-state index in [4.69, 9.17) is 11.6 Å². The molecule has 0 spiro atoms. The minimum Gasteiger partial charge on any atom is -0.319 e. The summed E-state index contributed by atoms with van der Waals surface area (Å²) in [6, 6.07) is 3.37. The zero-order chi connectivity index (χ0) is 10.8. The van der Waals surface area contributed by atoms with Gasteiger partial charge in [-0.2, -0.15) is 0 Å². The molecule has 15 heavy (non-hydrogen) atoms. The number of hydrogen-bond acceptors (Lipinski definition) is 4. The van der Waals surface area contributed by atoms with Crippen molar-refractivity contribution in [3.63, 3.8) is 0 Å². The van der Waals surface area contributed by atoms with E-state index in [9.17, 15) is 4.79 Å². The zero-order valence-corrected chi connectivity index (χ0v) is 9.55. The highest BCUT2D eigenvalue weighted by Crippen LogP contribution is 2.22. The molecule has 0 aromatic carbocycles. The number of nitrogens with zero attached hydrogens (tertiary/aromatic N) is 3. The van der Waals surface area contributed by atoms with Crippen LogP contribution in [0.15, 0.2) is 23.1 Å². The van der Waals surface area contributed by atoms with Gasteiger partial charge in [0.05, 0.1) is 5.88 Å². The number of hydrogen-bond donors (Lipinski definition) is 0. The molecule has 0 bridgehead atoms. The molecule has 6 heteroatoms. The molecular weight excluding hydrogens is 234 g/mol. The summed E-state index contributed by atoms with van der Waals surface area (Å²) in [7, 11) is 1.70. The molecule has 2 aromatic heterocycles. The lowest BCUT2D eigenvalue weighted by molar-refractivity contribution is 0.861. The van der Waals surface area contributed by atoms with Crippen LogP contribution in [0.3, 0.4) is 0 Å². The third-order valence-electron chi connectivity index (χ3n) is 1.93. The molecule has 0 atom stereocenters. The van der Waals surface area contributed by atoms with Crippen LogP contribution >= 0.6 is 22.9 Å². The lowest BCUT2D eigenvalue weighted by Crippen LogP contribution is -2.13. The van der Waals surface area contributed by atoms with Gasteiger partial charge in [0.1, 0.15) is 10.0 Å². The van der Waals surface area contributed by atoms with Gasteiger partial charge >= 0.3 is 0 Å². The summed E-state index contributed by atoms with van der Waals surface area (Å²) < 4.78 is 1.51. The first-order chi connectivity index (χ1) is 7.20. The lowest BCUT2D eigenvalue weighted by Gasteiger charge is -1.97. The van der Waals surface area contributed by atoms with E-state index in [1.807, 2.05) is 6.07 Å². The molecule has 2 aromatic rings. The number of pyridine rings is 1. The second-order valence-corrected chi connectivity index (χ2v) is 4.33. The van der Waals surface area contributed by atoms with Crippen molar-refractivity contribution in [3.8, 4) is 10.6 Å². The molecule has 2 heterocycles. The first kappa shape index (κ1) is 10.3. The van der Waals surface area contributed by atoms with Gasteiger partial charge in [0.25, 0.3) is 5.56 Å². The molecule has 4 nitrogen and oxygen atoms in total. The molecule has 78 valence electrons. The molecule has 0 aliphatic carbocycles. The highest BCUT2D eigenvalue weighted by molar-refractivity contribution is 7.14. The average Bonchev–Trinajstić information content (AvgIpc) is 2.70. The Morgan fingerprint density at radius 2 is 2.33 bits per heavy atom. The molecule has 0 saturated heterocycles. The number of aromatic nitrogens is 3. The molecule has 2 rings (SSSR count). The van der Waals surface area contributed by atoms with Crippen LogP contribution in [-0.2, 0) is 12.9 Å². The van der Waals surface area contributed by atoms with E-state index in [1.165, 1.54) is 15.9 Å². The van der Waals surface area contributed by atoms with Crippen molar-refractivity contribution in [2.75, 3.05) is 0 Å². The second-order valence-electron chi connectivity index (χ2n) is 3.00. The van der Waals surface area contributed by atoms with Gasteiger partial charge in [-0.1, -0.05) is 11.3 Å². The SMILES string of the molecule is Cn1ccc(-c2nnc(CCl)s2)cc1=O. The third-order valence-corrected chi connectivity index (χ3v) is 3.32. The van der Waals surface area contributed by atoms with Crippen LogP contribution in [0.1, 0.15) is 5.01 Å². The number of halogens is 1. The van der Waals surface area contributed by atoms with E-state index < -0.39 is 0 Å². The van der Waals surface area contributed by atoms with E-state index in [0.29, 0.717) is 5.88 Å². The van der Waals surface area contributed by atoms with Gasteiger partial charge < -0.3 is 4.57 Å². The van der Waals surface area contributed by atoms with E-state index in [1.54, 1.807) is 19.3 Å². The highest BCUT2D eigenvalue weighted by atomic mass is 35.5. The summed E-state index contributed by atoms with van der Waals surface area (Å²) in [5, 5.41) is 9.34. The van der Waals surface area contributed by atoms with Crippen molar-refractivity contribution in [3.05, 3.63) is 33.7 Å². The molecule has 0 amide bonds. The van der Waals surface area contributed by atoms with Crippen LogP contribution in [0.2, 0.25) is 0 Å². The predicted octanol–water partition coefficient (Wildman–Crippen LogP) is 1.64. The Balaban J connectivity index is 2.45. The fourth-order valence-electron chi connectivity index (χ4n) is 1.11. The average molecular weight is 242 g/mol. The Hall–Kier alpha value is -1.20. The number of aryl methyl sites for hydroxylation is 1. The van der Waals surface area contributed by atoms with E-state index in [-0.39, 0.29) is 5.56 Å². The van der Waals surface area contributed by atoms with E-state index in [2.05, 4.69) is 10.2 Å². The Labute approximate surface area is 95.2 Å². The van der Waals surface area contributed by atoms with Crippen LogP contribution in [0.25, 0.3) is 10.6 Å². The number of rotatable bonds is 2. The summed E-state index contributed by atoms with van der Waals surface area (Å²) in [4.78, 5) is 11.4. The van der Waals surface area contributed by atoms with Crippen molar-refractivity contribution in [1.29, 1.82) is 0 Å². The normalized spacial score (nSPS) is 10.5. The summed E-state index contributed by atoms with van der Waals surface area (Å²) in [6.07, 6.45) is 1.71. The van der Waals surface area contributed by atoms with Crippen LogP contribution in [0, 0.1) is 0 Å². The van der Waals surface area contributed by atoms with Crippen LogP contribution in [-0.4, -0.2) is 14.8 Å². The van der Waals surface area contributed by atoms with Gasteiger partial charge in [-0.15, -0.1) is 21.8 Å². The van der Waals surface area contributed by atoms with Crippen molar-refractivity contribution < 1.29 is 0 Å². The highest BCUT2D eigenvalue weighted by Gasteiger charge is 2.06. The van der Waals surface area contributed by atoms with Gasteiger partial charge in [0, 0.05) is 24.9 Å². The molecule has 0 radical (unpaired) electrons. The minimum absolute atomic E-state index is 0.0601. The first-order valence-electron chi connectivity index (χ1n) is 4.26. The summed E-state index contributed by atoms with van der Waals surface area (Å²) >= 11 is 7.02. The Bertz CT molecular complexity index is 534. The molecule has 0 aliphatic heterocycles. The summed E-state index contributed by atoms with van der Waals surface area (Å²) in [5.74, 6) is 0.350. The number of alkyl halides is 1. The van der Waals surface area contributed by atoms with Gasteiger partial charge in [-0.3, -0.25) is 4.79 Å². The largest absolute Gasteiger partial charge is 0.319 e. The maximum absolute atomic E-state index is 11.4. The second kappa shape index (κ2) is 4.12. The van der Waals surface area contributed by atoms with Crippen molar-refractivity contribution in [2.24, 2.45) is 7.05 Å². The Kier molecular flexibility index (Phi) is 2.83. The topological polar surface area (TPSA) is 47.8 Å². The molecule has 0 N–H and O–H groups in total. The van der Waals surface area contributed by atoms with Crippen LogP contribution < -0.4 is 5.56 Å².